The van der Waals surface area contributed by atoms with Crippen LogP contribution in [0, 0.1) is 0 Å². The molecule has 6 rings (SSSR count). The molecular weight excluding hydrogens is 522 g/mol. The molecule has 1 N–H and O–H groups in total. The number of rotatable bonds is 6. The van der Waals surface area contributed by atoms with Gasteiger partial charge in [-0.3, -0.25) is 9.59 Å². The van der Waals surface area contributed by atoms with Crippen LogP contribution in [0.25, 0.3) is 11.0 Å². The Morgan fingerprint density at radius 3 is 2.10 bits per heavy atom. The number of nitrogens with zero attached hydrogens (tertiary/aromatic N) is 8. The predicted molar refractivity (Wildman–Crippen MR) is 156 cm³/mol. The fraction of sp³-hybridized carbons (Fsp3) is 0.483. The second-order valence-electron chi connectivity index (χ2n) is 11.1. The minimum atomic E-state index is -1.74. The number of anilines is 2. The van der Waals surface area contributed by atoms with Gasteiger partial charge in [0.05, 0.1) is 29.4 Å². The van der Waals surface area contributed by atoms with Gasteiger partial charge in [0.1, 0.15) is 0 Å². The Balaban J connectivity index is 1.38. The summed E-state index contributed by atoms with van der Waals surface area (Å²) in [4.78, 5) is 47.0. The van der Waals surface area contributed by atoms with Gasteiger partial charge in [0, 0.05) is 76.4 Å². The van der Waals surface area contributed by atoms with Gasteiger partial charge in [0.25, 0.3) is 17.4 Å². The highest BCUT2D eigenvalue weighted by atomic mass is 16.7. The summed E-state index contributed by atoms with van der Waals surface area (Å²) in [5.74, 6) is -0.641. The fourth-order valence-corrected chi connectivity index (χ4v) is 5.71. The Labute approximate surface area is 239 Å². The molecule has 0 radical (unpaired) electrons. The van der Waals surface area contributed by atoms with Crippen molar-refractivity contribution in [3.8, 4) is 0 Å². The van der Waals surface area contributed by atoms with E-state index in [9.17, 15) is 9.59 Å². The summed E-state index contributed by atoms with van der Waals surface area (Å²) in [6, 6.07) is 9.83. The molecule has 3 aliphatic rings. The van der Waals surface area contributed by atoms with E-state index in [0.29, 0.717) is 44.0 Å². The summed E-state index contributed by atoms with van der Waals surface area (Å²) in [6.07, 6.45) is 3.55. The van der Waals surface area contributed by atoms with Crippen LogP contribution in [-0.2, 0) is 21.0 Å². The van der Waals surface area contributed by atoms with E-state index in [0.717, 1.165) is 48.6 Å². The number of oxime groups is 1. The SMILES string of the molecule is CCn1ncc2c(Nc3ccccc3)c(C3=NOC(C(=O)N4CCN(C)CC4)(C(=O)N4CCN(C)CC4)C3)cnc21. The van der Waals surface area contributed by atoms with Crippen molar-refractivity contribution in [1.82, 2.24) is 34.4 Å². The van der Waals surface area contributed by atoms with Gasteiger partial charge >= 0.3 is 0 Å². The third kappa shape index (κ3) is 5.02. The highest BCUT2D eigenvalue weighted by molar-refractivity contribution is 6.19. The zero-order chi connectivity index (χ0) is 28.6. The number of nitrogens with one attached hydrogen (secondary N) is 1. The van der Waals surface area contributed by atoms with E-state index in [2.05, 4.69) is 25.4 Å². The number of piperazine rings is 2. The first-order valence-electron chi connectivity index (χ1n) is 14.3. The molecule has 0 bridgehead atoms. The summed E-state index contributed by atoms with van der Waals surface area (Å²) < 4.78 is 1.83. The van der Waals surface area contributed by atoms with Crippen LogP contribution in [-0.4, -0.2) is 124 Å². The Morgan fingerprint density at radius 2 is 1.51 bits per heavy atom. The number of amides is 2. The number of hydrogen-bond acceptors (Lipinski definition) is 9. The standard InChI is InChI=1S/C29H37N9O3/c1-4-38-26-23(20-31-38)25(32-21-8-6-5-7-9-21)22(19-30-26)24-18-29(41-33-24,27(39)36-14-10-34(2)11-15-36)28(40)37-16-12-35(3)13-17-37/h5-9,19-20H,4,10-18H2,1-3H3,(H,30,32). The molecule has 5 heterocycles. The molecule has 12 nitrogen and oxygen atoms in total. The molecule has 2 amide bonds. The zero-order valence-corrected chi connectivity index (χ0v) is 23.9. The molecule has 41 heavy (non-hydrogen) atoms. The number of carbonyl (C=O) groups is 2. The molecule has 2 aromatic heterocycles. The molecule has 0 atom stereocenters. The van der Waals surface area contributed by atoms with E-state index < -0.39 is 5.60 Å². The van der Waals surface area contributed by atoms with Crippen molar-refractivity contribution in [3.63, 3.8) is 0 Å². The Bertz CT molecular complexity index is 1420. The van der Waals surface area contributed by atoms with Gasteiger partial charge in [-0.2, -0.15) is 5.10 Å². The first-order chi connectivity index (χ1) is 19.9. The van der Waals surface area contributed by atoms with Crippen LogP contribution in [0.3, 0.4) is 0 Å². The molecule has 0 spiro atoms. The Hall–Kier alpha value is -4.03. The second kappa shape index (κ2) is 11.1. The Kier molecular flexibility index (Phi) is 7.35. The molecule has 3 aliphatic heterocycles. The first-order valence-corrected chi connectivity index (χ1v) is 14.3. The highest BCUT2D eigenvalue weighted by Gasteiger charge is 2.57. The number of likely N-dealkylation sites (N-methyl/N-ethyl adjacent to an activating group) is 2. The number of pyridine rings is 1. The van der Waals surface area contributed by atoms with Crippen LogP contribution >= 0.6 is 0 Å². The third-order valence-corrected chi connectivity index (χ3v) is 8.32. The van der Waals surface area contributed by atoms with Gasteiger partial charge in [-0.15, -0.1) is 0 Å². The van der Waals surface area contributed by atoms with Gasteiger partial charge in [0.2, 0.25) is 0 Å². The smallest absolute Gasteiger partial charge is 0.297 e. The van der Waals surface area contributed by atoms with Crippen LogP contribution in [0.5, 0.6) is 0 Å². The lowest BCUT2D eigenvalue weighted by molar-refractivity contribution is -0.173. The van der Waals surface area contributed by atoms with Crippen molar-refractivity contribution in [2.45, 2.75) is 25.5 Å². The van der Waals surface area contributed by atoms with Gasteiger partial charge in [-0.1, -0.05) is 23.4 Å². The summed E-state index contributed by atoms with van der Waals surface area (Å²) >= 11 is 0. The first kappa shape index (κ1) is 27.2. The minimum Gasteiger partial charge on any atom is -0.368 e. The number of fused-ring (bicyclic) bond motifs is 1. The molecule has 216 valence electrons. The summed E-state index contributed by atoms with van der Waals surface area (Å²) in [5, 5.41) is 13.3. The van der Waals surface area contributed by atoms with E-state index >= 15 is 0 Å². The molecule has 0 unspecified atom stereocenters. The van der Waals surface area contributed by atoms with Gasteiger partial charge in [-0.05, 0) is 33.2 Å². The number of para-hydroxylation sites is 1. The van der Waals surface area contributed by atoms with Crippen molar-refractivity contribution in [1.29, 1.82) is 0 Å². The average Bonchev–Trinajstić information content (AvgIpc) is 3.64. The zero-order valence-electron chi connectivity index (χ0n) is 23.9. The normalized spacial score (nSPS) is 19.7. The van der Waals surface area contributed by atoms with Crippen LogP contribution in [0.15, 0.2) is 47.9 Å². The Morgan fingerprint density at radius 1 is 0.902 bits per heavy atom. The number of carbonyl (C=O) groups excluding carboxylic acids is 2. The van der Waals surface area contributed by atoms with E-state index in [4.69, 9.17) is 9.82 Å². The monoisotopic (exact) mass is 559 g/mol. The van der Waals surface area contributed by atoms with Crippen molar-refractivity contribution >= 4 is 39.9 Å². The van der Waals surface area contributed by atoms with Gasteiger partial charge in [0.15, 0.2) is 5.65 Å². The van der Waals surface area contributed by atoms with Crippen LogP contribution in [0.1, 0.15) is 18.9 Å². The lowest BCUT2D eigenvalue weighted by Gasteiger charge is -2.40. The molecule has 0 saturated carbocycles. The van der Waals surface area contributed by atoms with E-state index in [-0.39, 0.29) is 18.2 Å². The third-order valence-electron chi connectivity index (χ3n) is 8.32. The number of hydrogen-bond donors (Lipinski definition) is 1. The van der Waals surface area contributed by atoms with Crippen LogP contribution in [0.2, 0.25) is 0 Å². The maximum Gasteiger partial charge on any atom is 0.297 e. The molecule has 12 heteroatoms. The van der Waals surface area contributed by atoms with Crippen molar-refractivity contribution in [3.05, 3.63) is 48.3 Å². The predicted octanol–water partition coefficient (Wildman–Crippen LogP) is 1.61. The lowest BCUT2D eigenvalue weighted by atomic mass is 9.90. The van der Waals surface area contributed by atoms with Crippen molar-refractivity contribution in [2.24, 2.45) is 5.16 Å². The second-order valence-corrected chi connectivity index (χ2v) is 11.1. The minimum absolute atomic E-state index is 0.0297. The van der Waals surface area contributed by atoms with E-state index in [1.807, 2.05) is 56.0 Å². The molecular formula is C29H37N9O3. The number of benzene rings is 1. The van der Waals surface area contributed by atoms with Gasteiger partial charge in [-0.25, -0.2) is 9.67 Å². The summed E-state index contributed by atoms with van der Waals surface area (Å²) in [6.45, 7) is 7.81. The van der Waals surface area contributed by atoms with Crippen molar-refractivity contribution in [2.75, 3.05) is 71.8 Å². The van der Waals surface area contributed by atoms with Crippen LogP contribution < -0.4 is 5.32 Å². The fourth-order valence-electron chi connectivity index (χ4n) is 5.71. The molecule has 0 aliphatic carbocycles. The molecule has 2 fully saturated rings. The molecule has 2 saturated heterocycles. The maximum absolute atomic E-state index is 14.2. The topological polar surface area (TPSA) is 111 Å². The largest absolute Gasteiger partial charge is 0.368 e. The lowest BCUT2D eigenvalue weighted by Crippen LogP contribution is -2.63. The molecule has 3 aromatic rings. The van der Waals surface area contributed by atoms with Gasteiger partial charge < -0.3 is 29.8 Å². The summed E-state index contributed by atoms with van der Waals surface area (Å²) in [7, 11) is 4.07. The maximum atomic E-state index is 14.2. The van der Waals surface area contributed by atoms with E-state index in [1.54, 1.807) is 22.2 Å². The number of aromatic nitrogens is 3. The van der Waals surface area contributed by atoms with Crippen LogP contribution in [0.4, 0.5) is 11.4 Å². The number of aryl methyl sites for hydroxylation is 1. The average molecular weight is 560 g/mol. The summed E-state index contributed by atoms with van der Waals surface area (Å²) in [5.41, 5.74) is 1.83. The quantitative estimate of drug-likeness (QED) is 0.454. The molecule has 1 aromatic carbocycles. The van der Waals surface area contributed by atoms with Crippen molar-refractivity contribution < 1.29 is 14.4 Å². The highest BCUT2D eigenvalue weighted by Crippen LogP contribution is 2.37. The van der Waals surface area contributed by atoms with E-state index in [1.165, 1.54) is 0 Å².